The number of carbonyl (C=O) groups excluding carboxylic acids is 1. The van der Waals surface area contributed by atoms with Crippen LogP contribution in [-0.4, -0.2) is 37.1 Å². The predicted molar refractivity (Wildman–Crippen MR) is 76.4 cm³/mol. The lowest BCUT2D eigenvalue weighted by Gasteiger charge is -2.37. The van der Waals surface area contributed by atoms with Gasteiger partial charge in [-0.1, -0.05) is 0 Å². The molecule has 1 aromatic heterocycles. The number of pyridine rings is 1. The Kier molecular flexibility index (Phi) is 4.37. The molecule has 1 saturated heterocycles. The van der Waals surface area contributed by atoms with Crippen molar-refractivity contribution in [1.82, 2.24) is 10.3 Å². The van der Waals surface area contributed by atoms with E-state index in [1.807, 2.05) is 20.0 Å². The number of hydrogen-bond acceptors (Lipinski definition) is 4. The summed E-state index contributed by atoms with van der Waals surface area (Å²) in [6.07, 6.45) is 3.48. The van der Waals surface area contributed by atoms with Gasteiger partial charge in [0.05, 0.1) is 5.56 Å². The van der Waals surface area contributed by atoms with Gasteiger partial charge in [-0.15, -0.1) is 0 Å². The number of piperidine rings is 1. The smallest absolute Gasteiger partial charge is 0.252 e. The van der Waals surface area contributed by atoms with Crippen molar-refractivity contribution in [2.45, 2.75) is 32.2 Å². The summed E-state index contributed by atoms with van der Waals surface area (Å²) in [6, 6.07) is 4.00. The molecule has 1 fully saturated rings. The molecule has 1 aliphatic rings. The fourth-order valence-corrected chi connectivity index (χ4v) is 2.68. The third-order valence-corrected chi connectivity index (χ3v) is 3.62. The van der Waals surface area contributed by atoms with E-state index in [9.17, 15) is 4.79 Å². The molecular weight excluding hydrogens is 240 g/mol. The lowest BCUT2D eigenvalue weighted by molar-refractivity contribution is 0.1000. The highest BCUT2D eigenvalue weighted by atomic mass is 16.1. The number of aryl methyl sites for hydroxylation is 1. The van der Waals surface area contributed by atoms with Gasteiger partial charge in [-0.2, -0.15) is 0 Å². The zero-order chi connectivity index (χ0) is 13.8. The van der Waals surface area contributed by atoms with Gasteiger partial charge in [-0.05, 0) is 45.4 Å². The Bertz CT molecular complexity index is 459. The van der Waals surface area contributed by atoms with Crippen LogP contribution in [0.15, 0.2) is 12.1 Å². The Morgan fingerprint density at radius 3 is 3.00 bits per heavy atom. The Balaban J connectivity index is 2.37. The van der Waals surface area contributed by atoms with E-state index in [0.717, 1.165) is 37.4 Å². The minimum atomic E-state index is -0.406. The third kappa shape index (κ3) is 3.04. The van der Waals surface area contributed by atoms with Crippen molar-refractivity contribution in [2.24, 2.45) is 5.73 Å². The van der Waals surface area contributed by atoms with E-state index in [0.29, 0.717) is 11.6 Å². The van der Waals surface area contributed by atoms with E-state index < -0.39 is 5.91 Å². The zero-order valence-electron chi connectivity index (χ0n) is 11.6. The number of anilines is 1. The molecule has 1 unspecified atom stereocenters. The highest BCUT2D eigenvalue weighted by Crippen LogP contribution is 2.26. The first-order chi connectivity index (χ1) is 9.13. The molecule has 0 radical (unpaired) electrons. The number of amides is 1. The number of carbonyl (C=O) groups is 1. The van der Waals surface area contributed by atoms with Crippen LogP contribution < -0.4 is 16.0 Å². The quantitative estimate of drug-likeness (QED) is 0.851. The molecule has 0 spiro atoms. The Labute approximate surface area is 114 Å². The summed E-state index contributed by atoms with van der Waals surface area (Å²) in [5.74, 6) is 0.337. The summed E-state index contributed by atoms with van der Waals surface area (Å²) < 4.78 is 0. The molecule has 0 bridgehead atoms. The molecule has 0 aliphatic carbocycles. The van der Waals surface area contributed by atoms with Gasteiger partial charge in [-0.25, -0.2) is 4.98 Å². The first-order valence-corrected chi connectivity index (χ1v) is 6.82. The van der Waals surface area contributed by atoms with E-state index >= 15 is 0 Å². The van der Waals surface area contributed by atoms with Crippen molar-refractivity contribution >= 4 is 11.7 Å². The van der Waals surface area contributed by atoms with Gasteiger partial charge in [0.15, 0.2) is 0 Å². The van der Waals surface area contributed by atoms with Crippen LogP contribution in [0.25, 0.3) is 0 Å². The molecule has 0 saturated carbocycles. The lowest BCUT2D eigenvalue weighted by atomic mass is 10.0. The summed E-state index contributed by atoms with van der Waals surface area (Å²) in [5.41, 5.74) is 6.90. The normalized spacial score (nSPS) is 19.5. The average molecular weight is 262 g/mol. The second-order valence-electron chi connectivity index (χ2n) is 5.09. The molecular formula is C14H22N4O. The molecule has 2 rings (SSSR count). The van der Waals surface area contributed by atoms with Crippen molar-refractivity contribution in [3.05, 3.63) is 23.4 Å². The van der Waals surface area contributed by atoms with Gasteiger partial charge in [-0.3, -0.25) is 4.79 Å². The standard InChI is InChI=1S/C14H22N4O/c1-10-6-7-12(13(15)19)14(17-10)18-8-4-3-5-11(18)9-16-2/h6-7,11,16H,3-5,8-9H2,1-2H3,(H2,15,19). The Morgan fingerprint density at radius 1 is 1.53 bits per heavy atom. The molecule has 1 amide bonds. The van der Waals surface area contributed by atoms with Crippen LogP contribution in [0.5, 0.6) is 0 Å². The number of nitrogens with one attached hydrogen (secondary N) is 1. The van der Waals surface area contributed by atoms with Crippen LogP contribution in [0.3, 0.4) is 0 Å². The lowest BCUT2D eigenvalue weighted by Crippen LogP contribution is -2.46. The summed E-state index contributed by atoms with van der Waals surface area (Å²) >= 11 is 0. The number of likely N-dealkylation sites (N-methyl/N-ethyl adjacent to an activating group) is 1. The molecule has 19 heavy (non-hydrogen) atoms. The summed E-state index contributed by atoms with van der Waals surface area (Å²) in [5, 5.41) is 3.21. The minimum absolute atomic E-state index is 0.381. The van der Waals surface area contributed by atoms with Gasteiger partial charge in [0.25, 0.3) is 5.91 Å². The van der Waals surface area contributed by atoms with Crippen LogP contribution >= 0.6 is 0 Å². The Hall–Kier alpha value is -1.62. The molecule has 1 aliphatic heterocycles. The molecule has 0 aromatic carbocycles. The van der Waals surface area contributed by atoms with E-state index in [1.165, 1.54) is 6.42 Å². The number of rotatable bonds is 4. The molecule has 3 N–H and O–H groups in total. The van der Waals surface area contributed by atoms with Crippen LogP contribution in [0.2, 0.25) is 0 Å². The maximum Gasteiger partial charge on any atom is 0.252 e. The van der Waals surface area contributed by atoms with Crippen LogP contribution in [0.1, 0.15) is 35.3 Å². The second kappa shape index (κ2) is 6.02. The average Bonchev–Trinajstić information content (AvgIpc) is 2.39. The molecule has 5 heteroatoms. The van der Waals surface area contributed by atoms with Gasteiger partial charge in [0.1, 0.15) is 5.82 Å². The summed E-state index contributed by atoms with van der Waals surface area (Å²) in [6.45, 7) is 3.77. The molecule has 2 heterocycles. The number of aromatic nitrogens is 1. The molecule has 5 nitrogen and oxygen atoms in total. The highest BCUT2D eigenvalue weighted by molar-refractivity contribution is 5.97. The largest absolute Gasteiger partial charge is 0.365 e. The van der Waals surface area contributed by atoms with Crippen molar-refractivity contribution in [3.63, 3.8) is 0 Å². The van der Waals surface area contributed by atoms with Gasteiger partial charge in [0, 0.05) is 24.8 Å². The van der Waals surface area contributed by atoms with Crippen LogP contribution in [-0.2, 0) is 0 Å². The van der Waals surface area contributed by atoms with Crippen LogP contribution in [0, 0.1) is 6.92 Å². The first kappa shape index (κ1) is 13.8. The topological polar surface area (TPSA) is 71.2 Å². The van der Waals surface area contributed by atoms with Crippen molar-refractivity contribution in [3.8, 4) is 0 Å². The van der Waals surface area contributed by atoms with Gasteiger partial charge in [0.2, 0.25) is 0 Å². The van der Waals surface area contributed by atoms with Gasteiger partial charge >= 0.3 is 0 Å². The van der Waals surface area contributed by atoms with Crippen molar-refractivity contribution in [1.29, 1.82) is 0 Å². The number of nitrogens with zero attached hydrogens (tertiary/aromatic N) is 2. The van der Waals surface area contributed by atoms with E-state index in [1.54, 1.807) is 6.07 Å². The number of primary amides is 1. The fourth-order valence-electron chi connectivity index (χ4n) is 2.68. The van der Waals surface area contributed by atoms with Crippen molar-refractivity contribution < 1.29 is 4.79 Å². The maximum absolute atomic E-state index is 11.6. The van der Waals surface area contributed by atoms with E-state index in [-0.39, 0.29) is 0 Å². The summed E-state index contributed by atoms with van der Waals surface area (Å²) in [4.78, 5) is 18.4. The predicted octanol–water partition coefficient (Wildman–Crippen LogP) is 1.07. The van der Waals surface area contributed by atoms with Crippen LogP contribution in [0.4, 0.5) is 5.82 Å². The minimum Gasteiger partial charge on any atom is -0.365 e. The summed E-state index contributed by atoms with van der Waals surface area (Å²) in [7, 11) is 1.95. The highest BCUT2D eigenvalue weighted by Gasteiger charge is 2.26. The fraction of sp³-hybridized carbons (Fsp3) is 0.571. The monoisotopic (exact) mass is 262 g/mol. The third-order valence-electron chi connectivity index (χ3n) is 3.62. The van der Waals surface area contributed by atoms with E-state index in [4.69, 9.17) is 5.73 Å². The molecule has 1 atom stereocenters. The number of hydrogen-bond donors (Lipinski definition) is 2. The maximum atomic E-state index is 11.6. The second-order valence-corrected chi connectivity index (χ2v) is 5.09. The van der Waals surface area contributed by atoms with E-state index in [2.05, 4.69) is 15.2 Å². The molecule has 1 aromatic rings. The van der Waals surface area contributed by atoms with Crippen molar-refractivity contribution in [2.75, 3.05) is 25.0 Å². The number of nitrogens with two attached hydrogens (primary N) is 1. The first-order valence-electron chi connectivity index (χ1n) is 6.82. The van der Waals surface area contributed by atoms with Gasteiger partial charge < -0.3 is 16.0 Å². The molecule has 104 valence electrons. The Morgan fingerprint density at radius 2 is 2.32 bits per heavy atom. The SMILES string of the molecule is CNCC1CCCCN1c1nc(C)ccc1C(N)=O. The zero-order valence-corrected chi connectivity index (χ0v) is 11.6.